The summed E-state index contributed by atoms with van der Waals surface area (Å²) in [5.41, 5.74) is 6.85. The van der Waals surface area contributed by atoms with Crippen LogP contribution in [0.2, 0.25) is 0 Å². The Labute approximate surface area is 173 Å². The molecule has 0 spiro atoms. The van der Waals surface area contributed by atoms with Gasteiger partial charge in [0.25, 0.3) is 5.56 Å². The van der Waals surface area contributed by atoms with Crippen molar-refractivity contribution >= 4 is 15.7 Å². The van der Waals surface area contributed by atoms with E-state index in [4.69, 9.17) is 10.6 Å². The average molecular weight is 433 g/mol. The molecule has 1 aromatic carbocycles. The van der Waals surface area contributed by atoms with Crippen LogP contribution in [0, 0.1) is 0 Å². The smallest absolute Gasteiger partial charge is 0.252 e. The maximum atomic E-state index is 12.7. The number of hydroxylamine groups is 2. The van der Waals surface area contributed by atoms with Gasteiger partial charge in [-0.25, -0.2) is 8.42 Å². The molecule has 160 valence electrons. The van der Waals surface area contributed by atoms with Crippen molar-refractivity contribution in [2.24, 2.45) is 5.73 Å². The highest BCUT2D eigenvalue weighted by Gasteiger charge is 2.35. The monoisotopic (exact) mass is 433 g/mol. The fraction of sp³-hybridized carbons (Fsp3) is 0.300. The van der Waals surface area contributed by atoms with E-state index >= 15 is 0 Å². The number of primary amides is 1. The summed E-state index contributed by atoms with van der Waals surface area (Å²) in [6, 6.07) is 9.70. The third-order valence-electron chi connectivity index (χ3n) is 5.15. The van der Waals surface area contributed by atoms with Crippen LogP contribution in [-0.2, 0) is 19.5 Å². The van der Waals surface area contributed by atoms with Gasteiger partial charge in [0.1, 0.15) is 22.9 Å². The van der Waals surface area contributed by atoms with Gasteiger partial charge in [-0.15, -0.1) is 0 Å². The number of nitrogens with zero attached hydrogens (tertiary/aromatic N) is 2. The van der Waals surface area contributed by atoms with Crippen molar-refractivity contribution in [3.05, 3.63) is 70.9 Å². The summed E-state index contributed by atoms with van der Waals surface area (Å²) < 4.78 is 26.5. The molecule has 1 aliphatic rings. The first-order chi connectivity index (χ1) is 14.2. The number of hydrogen-bond acceptors (Lipinski definition) is 7. The van der Waals surface area contributed by atoms with E-state index in [0.717, 1.165) is 20.9 Å². The number of benzene rings is 1. The van der Waals surface area contributed by atoms with Crippen LogP contribution in [0.5, 0.6) is 0 Å². The Balaban J connectivity index is 1.87. The van der Waals surface area contributed by atoms with Crippen LogP contribution in [0.3, 0.4) is 0 Å². The van der Waals surface area contributed by atoms with Crippen molar-refractivity contribution in [3.63, 3.8) is 0 Å². The molecule has 1 aromatic heterocycles. The second-order valence-electron chi connectivity index (χ2n) is 6.95. The van der Waals surface area contributed by atoms with Crippen LogP contribution < -0.4 is 11.3 Å². The van der Waals surface area contributed by atoms with Crippen LogP contribution in [0.4, 0.5) is 0 Å². The van der Waals surface area contributed by atoms with Gasteiger partial charge in [-0.1, -0.05) is 31.2 Å². The molecule has 3 N–H and O–H groups in total. The van der Waals surface area contributed by atoms with Gasteiger partial charge >= 0.3 is 0 Å². The Morgan fingerprint density at radius 1 is 1.23 bits per heavy atom. The minimum Gasteiger partial charge on any atom is -0.388 e. The Hall–Kier alpha value is -2.95. The van der Waals surface area contributed by atoms with E-state index in [2.05, 4.69) is 0 Å². The van der Waals surface area contributed by atoms with Crippen molar-refractivity contribution in [3.8, 4) is 11.1 Å². The molecule has 0 aliphatic carbocycles. The van der Waals surface area contributed by atoms with Crippen LogP contribution in [0.25, 0.3) is 11.1 Å². The van der Waals surface area contributed by atoms with Gasteiger partial charge in [-0.3, -0.25) is 19.4 Å². The number of sulfone groups is 1. The zero-order valence-corrected chi connectivity index (χ0v) is 17.3. The zero-order chi connectivity index (χ0) is 22.1. The van der Waals surface area contributed by atoms with Gasteiger partial charge < -0.3 is 10.6 Å². The minimum atomic E-state index is -3.98. The zero-order valence-electron chi connectivity index (χ0n) is 16.5. The minimum absolute atomic E-state index is 0.0354. The summed E-state index contributed by atoms with van der Waals surface area (Å²) in [4.78, 5) is 29.0. The molecule has 0 saturated carbocycles. The maximum Gasteiger partial charge on any atom is 0.252 e. The van der Waals surface area contributed by atoms with Crippen molar-refractivity contribution < 1.29 is 23.3 Å². The van der Waals surface area contributed by atoms with Crippen molar-refractivity contribution in [2.75, 3.05) is 0 Å². The molecule has 1 aliphatic heterocycles. The van der Waals surface area contributed by atoms with E-state index < -0.39 is 38.0 Å². The normalized spacial score (nSPS) is 18.7. The molecule has 10 heteroatoms. The number of nitrogens with two attached hydrogens (primary N) is 1. The molecule has 0 fully saturated rings. The summed E-state index contributed by atoms with van der Waals surface area (Å²) in [7, 11) is -3.98. The third-order valence-corrected chi connectivity index (χ3v) is 7.69. The summed E-state index contributed by atoms with van der Waals surface area (Å²) in [6.07, 6.45) is 4.50. The summed E-state index contributed by atoms with van der Waals surface area (Å²) >= 11 is 0. The molecular weight excluding hydrogens is 410 g/mol. The highest BCUT2D eigenvalue weighted by atomic mass is 32.2. The first-order valence-electron chi connectivity index (χ1n) is 9.33. The van der Waals surface area contributed by atoms with Crippen molar-refractivity contribution in [1.82, 2.24) is 9.79 Å². The number of rotatable bonds is 7. The van der Waals surface area contributed by atoms with Crippen LogP contribution in [0.15, 0.2) is 59.7 Å². The van der Waals surface area contributed by atoms with Crippen LogP contribution >= 0.6 is 0 Å². The predicted octanol–water partition coefficient (Wildman–Crippen LogP) is 1.90. The first kappa shape index (κ1) is 21.8. The standard InChI is InChI=1S/C20H23N3O6S/c1-3-18(20(21)25)30(27,28)13(2)22-10-8-16(12-19(22)24)14-4-6-15(7-5-14)17-9-11-29-23(17)26/h4-13,17-18,26H,3H2,1-2H3,(H2,21,25)/t13-,17-,18?/m1/s1. The molecule has 2 aromatic rings. The quantitative estimate of drug-likeness (QED) is 0.681. The van der Waals surface area contributed by atoms with Crippen molar-refractivity contribution in [1.29, 1.82) is 0 Å². The maximum absolute atomic E-state index is 12.7. The Morgan fingerprint density at radius 2 is 1.90 bits per heavy atom. The lowest BCUT2D eigenvalue weighted by Crippen LogP contribution is -2.40. The van der Waals surface area contributed by atoms with Crippen LogP contribution in [-0.4, -0.2) is 34.6 Å². The molecule has 2 heterocycles. The lowest BCUT2D eigenvalue weighted by molar-refractivity contribution is -0.314. The Bertz CT molecular complexity index is 1120. The molecule has 30 heavy (non-hydrogen) atoms. The molecule has 3 rings (SSSR count). The number of pyridine rings is 1. The number of carbonyl (C=O) groups is 1. The molecular formula is C20H23N3O6S. The van der Waals surface area contributed by atoms with Gasteiger partial charge in [0.2, 0.25) is 5.91 Å². The largest absolute Gasteiger partial charge is 0.388 e. The summed E-state index contributed by atoms with van der Waals surface area (Å²) in [6.45, 7) is 2.91. The third kappa shape index (κ3) is 4.02. The second-order valence-corrected chi connectivity index (χ2v) is 9.38. The van der Waals surface area contributed by atoms with Gasteiger partial charge in [-0.2, -0.15) is 0 Å². The van der Waals surface area contributed by atoms with Crippen molar-refractivity contribution in [2.45, 2.75) is 36.9 Å². The van der Waals surface area contributed by atoms with E-state index in [1.807, 2.05) is 0 Å². The van der Waals surface area contributed by atoms with Gasteiger partial charge in [0.05, 0.1) is 0 Å². The number of carbonyl (C=O) groups excluding carboxylic acids is 1. The number of amides is 1. The molecule has 0 saturated heterocycles. The predicted molar refractivity (Wildman–Crippen MR) is 110 cm³/mol. The van der Waals surface area contributed by atoms with E-state index in [0.29, 0.717) is 5.56 Å². The highest BCUT2D eigenvalue weighted by Crippen LogP contribution is 2.28. The van der Waals surface area contributed by atoms with E-state index in [1.165, 1.54) is 25.4 Å². The first-order valence-corrected chi connectivity index (χ1v) is 10.9. The average Bonchev–Trinajstić information content (AvgIpc) is 3.13. The second kappa shape index (κ2) is 8.42. The summed E-state index contributed by atoms with van der Waals surface area (Å²) in [5, 5.41) is 7.77. The van der Waals surface area contributed by atoms with Gasteiger partial charge in [0.15, 0.2) is 9.84 Å². The molecule has 0 bridgehead atoms. The van der Waals surface area contributed by atoms with Gasteiger partial charge in [0, 0.05) is 12.3 Å². The SMILES string of the molecule is CCC(C(N)=O)S(=O)(=O)[C@H](C)n1ccc(-c2ccc([C@H]3C=CON3O)cc2)cc1=O. The fourth-order valence-electron chi connectivity index (χ4n) is 3.38. The molecule has 1 unspecified atom stereocenters. The topological polar surface area (TPSA) is 132 Å². The van der Waals surface area contributed by atoms with Gasteiger partial charge in [-0.05, 0) is 47.4 Å². The van der Waals surface area contributed by atoms with E-state index in [-0.39, 0.29) is 6.42 Å². The number of aromatic nitrogens is 1. The molecule has 3 atom stereocenters. The highest BCUT2D eigenvalue weighted by molar-refractivity contribution is 7.92. The molecule has 9 nitrogen and oxygen atoms in total. The van der Waals surface area contributed by atoms with E-state index in [9.17, 15) is 23.2 Å². The Morgan fingerprint density at radius 3 is 2.40 bits per heavy atom. The fourth-order valence-corrected chi connectivity index (χ4v) is 5.14. The lowest BCUT2D eigenvalue weighted by atomic mass is 10.0. The Kier molecular flexibility index (Phi) is 6.11. The van der Waals surface area contributed by atoms with E-state index in [1.54, 1.807) is 43.3 Å². The molecule has 1 amide bonds. The molecule has 0 radical (unpaired) electrons. The van der Waals surface area contributed by atoms with Crippen LogP contribution in [0.1, 0.15) is 37.2 Å². The summed E-state index contributed by atoms with van der Waals surface area (Å²) in [5.74, 6) is -0.932. The lowest BCUT2D eigenvalue weighted by Gasteiger charge is -2.20. The number of hydrogen-bond donors (Lipinski definition) is 2.